The summed E-state index contributed by atoms with van der Waals surface area (Å²) in [5.41, 5.74) is 0.879. The SMILES string of the molecule is CN(CC1CN(Cc2ccccc2)CCN1C)C(=O)OC(C)(C)C. The molecule has 0 radical (unpaired) electrons. The Labute approximate surface area is 146 Å². The second-order valence-corrected chi connectivity index (χ2v) is 7.72. The van der Waals surface area contributed by atoms with Crippen LogP contribution in [0.25, 0.3) is 0 Å². The average molecular weight is 333 g/mol. The number of nitrogens with zero attached hydrogens (tertiary/aromatic N) is 3. The number of benzene rings is 1. The summed E-state index contributed by atoms with van der Waals surface area (Å²) >= 11 is 0. The molecule has 0 saturated carbocycles. The molecule has 2 rings (SSSR count). The largest absolute Gasteiger partial charge is 0.444 e. The minimum absolute atomic E-state index is 0.254. The number of likely N-dealkylation sites (N-methyl/N-ethyl adjacent to an activating group) is 2. The van der Waals surface area contributed by atoms with E-state index in [1.807, 2.05) is 33.9 Å². The van der Waals surface area contributed by atoms with Gasteiger partial charge in [-0.1, -0.05) is 30.3 Å². The third-order valence-corrected chi connectivity index (χ3v) is 4.30. The van der Waals surface area contributed by atoms with Gasteiger partial charge in [-0.2, -0.15) is 0 Å². The summed E-state index contributed by atoms with van der Waals surface area (Å²) in [6, 6.07) is 10.9. The van der Waals surface area contributed by atoms with Crippen LogP contribution in [0.4, 0.5) is 4.79 Å². The molecule has 0 N–H and O–H groups in total. The molecule has 5 nitrogen and oxygen atoms in total. The zero-order chi connectivity index (χ0) is 17.7. The molecule has 1 saturated heterocycles. The highest BCUT2D eigenvalue weighted by atomic mass is 16.6. The molecule has 1 aromatic rings. The van der Waals surface area contributed by atoms with Crippen LogP contribution in [0.3, 0.4) is 0 Å². The second kappa shape index (κ2) is 7.99. The molecule has 24 heavy (non-hydrogen) atoms. The van der Waals surface area contributed by atoms with Crippen LogP contribution in [0.2, 0.25) is 0 Å². The highest BCUT2D eigenvalue weighted by Crippen LogP contribution is 2.14. The van der Waals surface area contributed by atoms with Gasteiger partial charge < -0.3 is 9.64 Å². The summed E-state index contributed by atoms with van der Waals surface area (Å²) in [6.45, 7) is 10.3. The number of carbonyl (C=O) groups is 1. The van der Waals surface area contributed by atoms with Crippen molar-refractivity contribution in [3.8, 4) is 0 Å². The van der Waals surface area contributed by atoms with Crippen molar-refractivity contribution in [1.29, 1.82) is 0 Å². The maximum Gasteiger partial charge on any atom is 0.410 e. The summed E-state index contributed by atoms with van der Waals surface area (Å²) in [5, 5.41) is 0. The monoisotopic (exact) mass is 333 g/mol. The van der Waals surface area contributed by atoms with Crippen molar-refractivity contribution in [2.24, 2.45) is 0 Å². The molecule has 0 aromatic heterocycles. The maximum atomic E-state index is 12.2. The van der Waals surface area contributed by atoms with E-state index in [1.165, 1.54) is 5.56 Å². The van der Waals surface area contributed by atoms with Crippen molar-refractivity contribution in [1.82, 2.24) is 14.7 Å². The summed E-state index contributed by atoms with van der Waals surface area (Å²) in [7, 11) is 3.95. The standard InChI is InChI=1S/C19H31N3O2/c1-19(2,3)24-18(23)21(5)14-17-15-22(12-11-20(17)4)13-16-9-7-6-8-10-16/h6-10,17H,11-15H2,1-5H3. The zero-order valence-electron chi connectivity index (χ0n) is 15.7. The highest BCUT2D eigenvalue weighted by Gasteiger charge is 2.28. The van der Waals surface area contributed by atoms with Crippen LogP contribution in [0, 0.1) is 0 Å². The van der Waals surface area contributed by atoms with E-state index >= 15 is 0 Å². The van der Waals surface area contributed by atoms with Crippen LogP contribution in [-0.2, 0) is 11.3 Å². The van der Waals surface area contributed by atoms with Crippen molar-refractivity contribution in [2.45, 2.75) is 39.0 Å². The lowest BCUT2D eigenvalue weighted by molar-refractivity contribution is 0.0177. The number of amides is 1. The van der Waals surface area contributed by atoms with Gasteiger partial charge in [0.05, 0.1) is 0 Å². The molecular weight excluding hydrogens is 302 g/mol. The molecule has 5 heteroatoms. The molecule has 1 unspecified atom stereocenters. The van der Waals surface area contributed by atoms with Gasteiger partial charge >= 0.3 is 6.09 Å². The first-order valence-electron chi connectivity index (χ1n) is 8.65. The number of ether oxygens (including phenoxy) is 1. The Morgan fingerprint density at radius 3 is 2.54 bits per heavy atom. The third kappa shape index (κ3) is 5.80. The zero-order valence-corrected chi connectivity index (χ0v) is 15.7. The van der Waals surface area contributed by atoms with E-state index < -0.39 is 5.60 Å². The first-order valence-corrected chi connectivity index (χ1v) is 8.65. The quantitative estimate of drug-likeness (QED) is 0.849. The lowest BCUT2D eigenvalue weighted by atomic mass is 10.1. The third-order valence-electron chi connectivity index (χ3n) is 4.30. The van der Waals surface area contributed by atoms with Crippen LogP contribution in [0.1, 0.15) is 26.3 Å². The Balaban J connectivity index is 1.90. The van der Waals surface area contributed by atoms with Crippen molar-refractivity contribution in [3.63, 3.8) is 0 Å². The number of piperazine rings is 1. The number of hydrogen-bond donors (Lipinski definition) is 0. The molecule has 1 aliphatic heterocycles. The van der Waals surface area contributed by atoms with Gasteiger partial charge in [0, 0.05) is 45.8 Å². The van der Waals surface area contributed by atoms with Gasteiger partial charge in [-0.25, -0.2) is 4.79 Å². The van der Waals surface area contributed by atoms with E-state index in [4.69, 9.17) is 4.74 Å². The van der Waals surface area contributed by atoms with Crippen LogP contribution >= 0.6 is 0 Å². The summed E-state index contributed by atoms with van der Waals surface area (Å²) in [6.07, 6.45) is -0.254. The predicted molar refractivity (Wildman–Crippen MR) is 97.0 cm³/mol. The van der Waals surface area contributed by atoms with Crippen molar-refractivity contribution in [2.75, 3.05) is 40.3 Å². The summed E-state index contributed by atoms with van der Waals surface area (Å²) < 4.78 is 5.45. The predicted octanol–water partition coefficient (Wildman–Crippen LogP) is 2.67. The van der Waals surface area contributed by atoms with E-state index in [1.54, 1.807) is 4.90 Å². The van der Waals surface area contributed by atoms with E-state index in [0.717, 1.165) is 26.2 Å². The molecule has 1 aromatic carbocycles. The smallest absolute Gasteiger partial charge is 0.410 e. The fourth-order valence-corrected chi connectivity index (χ4v) is 2.92. The van der Waals surface area contributed by atoms with Gasteiger partial charge in [-0.15, -0.1) is 0 Å². The van der Waals surface area contributed by atoms with Gasteiger partial charge in [-0.05, 0) is 33.4 Å². The van der Waals surface area contributed by atoms with Gasteiger partial charge in [0.25, 0.3) is 0 Å². The Kier molecular flexibility index (Phi) is 6.24. The van der Waals surface area contributed by atoms with E-state index in [2.05, 4.69) is 41.1 Å². The lowest BCUT2D eigenvalue weighted by Gasteiger charge is -2.41. The molecular formula is C19H31N3O2. The van der Waals surface area contributed by atoms with E-state index in [-0.39, 0.29) is 6.09 Å². The minimum Gasteiger partial charge on any atom is -0.444 e. The van der Waals surface area contributed by atoms with Crippen molar-refractivity contribution < 1.29 is 9.53 Å². The average Bonchev–Trinajstić information content (AvgIpc) is 2.50. The number of carbonyl (C=O) groups excluding carboxylic acids is 1. The minimum atomic E-state index is -0.455. The first-order chi connectivity index (χ1) is 11.2. The molecule has 0 spiro atoms. The molecule has 1 heterocycles. The lowest BCUT2D eigenvalue weighted by Crippen LogP contribution is -2.55. The Hall–Kier alpha value is -1.59. The first kappa shape index (κ1) is 18.7. The number of hydrogen-bond acceptors (Lipinski definition) is 4. The van der Waals surface area contributed by atoms with Crippen LogP contribution in [-0.4, -0.2) is 72.7 Å². The van der Waals surface area contributed by atoms with Crippen molar-refractivity contribution in [3.05, 3.63) is 35.9 Å². The van der Waals surface area contributed by atoms with E-state index in [0.29, 0.717) is 12.6 Å². The molecule has 134 valence electrons. The molecule has 1 aliphatic rings. The maximum absolute atomic E-state index is 12.2. The van der Waals surface area contributed by atoms with Crippen molar-refractivity contribution >= 4 is 6.09 Å². The van der Waals surface area contributed by atoms with Gasteiger partial charge in [0.15, 0.2) is 0 Å². The Morgan fingerprint density at radius 1 is 1.25 bits per heavy atom. The highest BCUT2D eigenvalue weighted by molar-refractivity contribution is 5.67. The summed E-state index contributed by atoms with van der Waals surface area (Å²) in [4.78, 5) is 18.7. The summed E-state index contributed by atoms with van der Waals surface area (Å²) in [5.74, 6) is 0. The van der Waals surface area contributed by atoms with Gasteiger partial charge in [-0.3, -0.25) is 9.80 Å². The molecule has 0 bridgehead atoms. The Morgan fingerprint density at radius 2 is 1.92 bits per heavy atom. The van der Waals surface area contributed by atoms with Gasteiger partial charge in [0.2, 0.25) is 0 Å². The van der Waals surface area contributed by atoms with Crippen LogP contribution in [0.5, 0.6) is 0 Å². The normalized spacial score (nSPS) is 20.0. The molecule has 1 fully saturated rings. The molecule has 1 atom stereocenters. The van der Waals surface area contributed by atoms with E-state index in [9.17, 15) is 4.79 Å². The molecule has 0 aliphatic carbocycles. The van der Waals surface area contributed by atoms with Gasteiger partial charge in [0.1, 0.15) is 5.60 Å². The van der Waals surface area contributed by atoms with Crippen LogP contribution in [0.15, 0.2) is 30.3 Å². The topological polar surface area (TPSA) is 36.0 Å². The molecule has 1 amide bonds. The van der Waals surface area contributed by atoms with Crippen LogP contribution < -0.4 is 0 Å². The fourth-order valence-electron chi connectivity index (χ4n) is 2.92. The fraction of sp³-hybridized carbons (Fsp3) is 0.632. The number of rotatable bonds is 4. The second-order valence-electron chi connectivity index (χ2n) is 7.72. The Bertz CT molecular complexity index is 527.